The van der Waals surface area contributed by atoms with Crippen molar-refractivity contribution >= 4 is 0 Å². The van der Waals surface area contributed by atoms with Gasteiger partial charge in [0.05, 0.1) is 12.7 Å². The van der Waals surface area contributed by atoms with Crippen molar-refractivity contribution in [2.45, 2.75) is 19.3 Å². The summed E-state index contributed by atoms with van der Waals surface area (Å²) in [4.78, 5) is 3.56. The lowest BCUT2D eigenvalue weighted by Crippen LogP contribution is -2.10. The lowest BCUT2D eigenvalue weighted by atomic mass is 10.3. The molecule has 0 aliphatic carbocycles. The Hall–Kier alpha value is -3.04. The molecule has 1 aromatic carbocycles. The van der Waals surface area contributed by atoms with E-state index in [9.17, 15) is 18.3 Å². The van der Waals surface area contributed by atoms with E-state index in [1.807, 2.05) is 0 Å². The zero-order chi connectivity index (χ0) is 17.2. The predicted molar refractivity (Wildman–Crippen MR) is 73.1 cm³/mol. The van der Waals surface area contributed by atoms with Crippen LogP contribution in [-0.4, -0.2) is 25.1 Å². The molecule has 24 heavy (non-hydrogen) atoms. The highest BCUT2D eigenvalue weighted by Crippen LogP contribution is 2.31. The molecule has 2 aromatic heterocycles. The summed E-state index contributed by atoms with van der Waals surface area (Å²) in [5.41, 5.74) is 0.128. The van der Waals surface area contributed by atoms with E-state index in [2.05, 4.69) is 19.7 Å². The van der Waals surface area contributed by atoms with Crippen molar-refractivity contribution in [3.05, 3.63) is 54.0 Å². The Bertz CT molecular complexity index is 829. The van der Waals surface area contributed by atoms with Crippen LogP contribution in [0.1, 0.15) is 17.1 Å². The summed E-state index contributed by atoms with van der Waals surface area (Å²) in [5.74, 6) is -0.669. The van der Waals surface area contributed by atoms with Crippen molar-refractivity contribution in [1.82, 2.24) is 20.0 Å². The van der Waals surface area contributed by atoms with Gasteiger partial charge in [-0.1, -0.05) is 11.3 Å². The minimum absolute atomic E-state index is 0.0500. The van der Waals surface area contributed by atoms with E-state index >= 15 is 0 Å². The van der Waals surface area contributed by atoms with E-state index in [0.29, 0.717) is 11.4 Å². The van der Waals surface area contributed by atoms with Crippen LogP contribution in [0, 0.1) is 0 Å². The molecule has 10 heteroatoms. The molecule has 0 saturated carbocycles. The van der Waals surface area contributed by atoms with Gasteiger partial charge in [0.15, 0.2) is 6.39 Å². The molecule has 7 nitrogen and oxygen atoms in total. The third kappa shape index (κ3) is 3.65. The van der Waals surface area contributed by atoms with Crippen molar-refractivity contribution in [3.8, 4) is 11.5 Å². The number of phenolic OH excluding ortho intramolecular Hbond substituents is 1. The van der Waals surface area contributed by atoms with Crippen LogP contribution < -0.4 is 4.74 Å². The van der Waals surface area contributed by atoms with Gasteiger partial charge >= 0.3 is 6.18 Å². The Morgan fingerprint density at radius 3 is 2.88 bits per heavy atom. The second kappa shape index (κ2) is 6.22. The van der Waals surface area contributed by atoms with Crippen molar-refractivity contribution in [3.63, 3.8) is 0 Å². The quantitative estimate of drug-likeness (QED) is 0.768. The number of hydrogen-bond acceptors (Lipinski definition) is 6. The van der Waals surface area contributed by atoms with Crippen LogP contribution in [-0.2, 0) is 19.3 Å². The summed E-state index contributed by atoms with van der Waals surface area (Å²) >= 11 is 0. The zero-order valence-corrected chi connectivity index (χ0v) is 12.1. The first-order chi connectivity index (χ1) is 11.4. The molecule has 3 aromatic rings. The molecule has 0 bridgehead atoms. The maximum atomic E-state index is 12.7. The number of oxazole rings is 1. The van der Waals surface area contributed by atoms with Gasteiger partial charge in [0.25, 0.3) is 0 Å². The summed E-state index contributed by atoms with van der Waals surface area (Å²) in [5, 5.41) is 16.9. The van der Waals surface area contributed by atoms with Crippen LogP contribution in [0.3, 0.4) is 0 Å². The highest BCUT2D eigenvalue weighted by atomic mass is 19.4. The number of aromatic hydroxyl groups is 1. The van der Waals surface area contributed by atoms with E-state index in [4.69, 9.17) is 4.74 Å². The predicted octanol–water partition coefficient (Wildman–Crippen LogP) is 2.62. The number of hydrogen-bond donors (Lipinski definition) is 1. The molecule has 0 radical (unpaired) electrons. The van der Waals surface area contributed by atoms with Crippen LogP contribution in [0.2, 0.25) is 0 Å². The first kappa shape index (κ1) is 15.8. The molecule has 0 aliphatic rings. The van der Waals surface area contributed by atoms with Crippen LogP contribution in [0.5, 0.6) is 11.5 Å². The van der Waals surface area contributed by atoms with Crippen LogP contribution in [0.15, 0.2) is 41.3 Å². The average Bonchev–Trinajstić information content (AvgIpc) is 3.14. The smallest absolute Gasteiger partial charge is 0.451 e. The monoisotopic (exact) mass is 340 g/mol. The number of phenols is 1. The molecule has 0 fully saturated rings. The molecule has 0 saturated heterocycles. The second-order valence-corrected chi connectivity index (χ2v) is 4.82. The number of aromatic nitrogens is 4. The minimum atomic E-state index is -4.62. The molecule has 126 valence electrons. The Morgan fingerprint density at radius 2 is 2.12 bits per heavy atom. The normalized spacial score (nSPS) is 11.6. The summed E-state index contributed by atoms with van der Waals surface area (Å²) in [6, 6.07) is 6.19. The Morgan fingerprint density at radius 1 is 1.29 bits per heavy atom. The third-order valence-corrected chi connectivity index (χ3v) is 3.00. The average molecular weight is 340 g/mol. The summed E-state index contributed by atoms with van der Waals surface area (Å²) in [6.45, 7) is -0.182. The van der Waals surface area contributed by atoms with Gasteiger partial charge in [0.2, 0.25) is 5.76 Å². The standard InChI is InChI=1S/C14H11F3N4O3/c15-14(16,17)13-12(18-8-24-13)6-21-5-9(19-20-21)7-23-11-3-1-2-10(22)4-11/h1-5,8,22H,6-7H2. The van der Waals surface area contributed by atoms with Crippen LogP contribution >= 0.6 is 0 Å². The van der Waals surface area contributed by atoms with Gasteiger partial charge in [-0.15, -0.1) is 5.10 Å². The van der Waals surface area contributed by atoms with E-state index in [-0.39, 0.29) is 24.6 Å². The zero-order valence-electron chi connectivity index (χ0n) is 12.1. The molecule has 0 spiro atoms. The Labute approximate surface area is 133 Å². The van der Waals surface area contributed by atoms with Crippen molar-refractivity contribution in [2.75, 3.05) is 0 Å². The van der Waals surface area contributed by atoms with Gasteiger partial charge in [-0.2, -0.15) is 13.2 Å². The lowest BCUT2D eigenvalue weighted by Gasteiger charge is -2.04. The third-order valence-electron chi connectivity index (χ3n) is 3.00. The molecular formula is C14H11F3N4O3. The fourth-order valence-electron chi connectivity index (χ4n) is 1.98. The molecule has 2 heterocycles. The van der Waals surface area contributed by atoms with Gasteiger partial charge < -0.3 is 14.3 Å². The topological polar surface area (TPSA) is 86.2 Å². The van der Waals surface area contributed by atoms with Gasteiger partial charge in [0.1, 0.15) is 29.5 Å². The van der Waals surface area contributed by atoms with Gasteiger partial charge in [-0.05, 0) is 12.1 Å². The minimum Gasteiger partial charge on any atom is -0.508 e. The molecule has 0 unspecified atom stereocenters. The Balaban J connectivity index is 1.65. The van der Waals surface area contributed by atoms with Gasteiger partial charge in [-0.25, -0.2) is 9.67 Å². The number of rotatable bonds is 5. The van der Waals surface area contributed by atoms with Crippen molar-refractivity contribution < 1.29 is 27.4 Å². The number of alkyl halides is 3. The number of halogens is 3. The number of ether oxygens (including phenoxy) is 1. The van der Waals surface area contributed by atoms with Crippen LogP contribution in [0.25, 0.3) is 0 Å². The van der Waals surface area contributed by atoms with Crippen LogP contribution in [0.4, 0.5) is 13.2 Å². The lowest BCUT2D eigenvalue weighted by molar-refractivity contribution is -0.153. The molecule has 1 N–H and O–H groups in total. The first-order valence-corrected chi connectivity index (χ1v) is 6.72. The molecule has 0 aliphatic heterocycles. The molecular weight excluding hydrogens is 329 g/mol. The highest BCUT2D eigenvalue weighted by molar-refractivity contribution is 5.31. The summed E-state index contributed by atoms with van der Waals surface area (Å²) in [6.07, 6.45) is -2.44. The van der Waals surface area contributed by atoms with Crippen molar-refractivity contribution in [2.24, 2.45) is 0 Å². The maximum absolute atomic E-state index is 12.7. The summed E-state index contributed by atoms with van der Waals surface area (Å²) < 4.78 is 49.1. The number of nitrogens with zero attached hydrogens (tertiary/aromatic N) is 4. The molecule has 0 amide bonds. The van der Waals surface area contributed by atoms with E-state index < -0.39 is 11.9 Å². The molecule has 0 atom stereocenters. The van der Waals surface area contributed by atoms with E-state index in [1.54, 1.807) is 12.1 Å². The van der Waals surface area contributed by atoms with E-state index in [1.165, 1.54) is 23.0 Å². The first-order valence-electron chi connectivity index (χ1n) is 6.72. The fraction of sp³-hybridized carbons (Fsp3) is 0.214. The SMILES string of the molecule is Oc1cccc(OCc2cn(Cc3ncoc3C(F)(F)F)nn2)c1. The molecule has 3 rings (SSSR count). The maximum Gasteiger partial charge on any atom is 0.451 e. The fourth-order valence-corrected chi connectivity index (χ4v) is 1.98. The number of benzene rings is 1. The second-order valence-electron chi connectivity index (χ2n) is 4.82. The van der Waals surface area contributed by atoms with E-state index in [0.717, 1.165) is 6.39 Å². The highest BCUT2D eigenvalue weighted by Gasteiger charge is 2.38. The van der Waals surface area contributed by atoms with Gasteiger partial charge in [-0.3, -0.25) is 0 Å². The van der Waals surface area contributed by atoms with Gasteiger partial charge in [0, 0.05) is 6.07 Å². The largest absolute Gasteiger partial charge is 0.508 e. The summed E-state index contributed by atoms with van der Waals surface area (Å²) in [7, 11) is 0. The van der Waals surface area contributed by atoms with Crippen molar-refractivity contribution in [1.29, 1.82) is 0 Å². The Kier molecular flexibility index (Phi) is 4.11.